The summed E-state index contributed by atoms with van der Waals surface area (Å²) in [6.45, 7) is 0. The molecule has 5 heteroatoms. The monoisotopic (exact) mass is 197 g/mol. The van der Waals surface area contributed by atoms with Crippen LogP contribution in [0.3, 0.4) is 0 Å². The van der Waals surface area contributed by atoms with E-state index in [2.05, 4.69) is 0 Å². The van der Waals surface area contributed by atoms with Crippen LogP contribution in [-0.4, -0.2) is 6.43 Å². The average Bonchev–Trinajstić information content (AvgIpc) is 2.35. The van der Waals surface area contributed by atoms with Gasteiger partial charge in [0.1, 0.15) is 5.76 Å². The van der Waals surface area contributed by atoms with E-state index in [1.807, 2.05) is 0 Å². The molecule has 0 amide bonds. The van der Waals surface area contributed by atoms with Crippen LogP contribution in [0.15, 0.2) is 22.8 Å². The summed E-state index contributed by atoms with van der Waals surface area (Å²) < 4.78 is 28.3. The molecule has 0 fully saturated rings. The van der Waals surface area contributed by atoms with Crippen LogP contribution in [0.5, 0.6) is 0 Å². The number of hydrogen-bond acceptors (Lipinski definition) is 2. The molecule has 1 rings (SSSR count). The fourth-order valence-corrected chi connectivity index (χ4v) is 0.810. The molecule has 1 heterocycles. The third-order valence-corrected chi connectivity index (χ3v) is 1.34. The first-order valence-corrected chi connectivity index (χ1v) is 3.27. The molecule has 0 aromatic carbocycles. The zero-order valence-corrected chi connectivity index (χ0v) is 7.06. The Kier molecular flexibility index (Phi) is 4.85. The van der Waals surface area contributed by atoms with Gasteiger partial charge < -0.3 is 10.2 Å². The summed E-state index contributed by atoms with van der Waals surface area (Å²) in [5.74, 6) is 0.408. The Labute approximate surface area is 75.1 Å². The Morgan fingerprint density at radius 3 is 2.58 bits per heavy atom. The van der Waals surface area contributed by atoms with Gasteiger partial charge in [-0.05, 0) is 12.1 Å². The van der Waals surface area contributed by atoms with Gasteiger partial charge in [0, 0.05) is 6.42 Å². The van der Waals surface area contributed by atoms with Crippen LogP contribution in [0, 0.1) is 0 Å². The molecule has 1 aromatic heterocycles. The van der Waals surface area contributed by atoms with Gasteiger partial charge in [0.25, 0.3) is 0 Å². The quantitative estimate of drug-likeness (QED) is 0.808. The molecule has 0 aliphatic carbocycles. The second kappa shape index (κ2) is 5.11. The average molecular weight is 198 g/mol. The van der Waals surface area contributed by atoms with Crippen molar-refractivity contribution in [2.75, 3.05) is 0 Å². The molecule has 0 saturated heterocycles. The first-order chi connectivity index (χ1) is 5.20. The fraction of sp³-hybridized carbons (Fsp3) is 0.429. The van der Waals surface area contributed by atoms with E-state index in [0.29, 0.717) is 5.76 Å². The zero-order chi connectivity index (χ0) is 8.27. The molecule has 0 aliphatic heterocycles. The van der Waals surface area contributed by atoms with Gasteiger partial charge in [0.05, 0.1) is 12.3 Å². The van der Waals surface area contributed by atoms with Crippen LogP contribution >= 0.6 is 12.4 Å². The van der Waals surface area contributed by atoms with Crippen molar-refractivity contribution in [1.82, 2.24) is 0 Å². The van der Waals surface area contributed by atoms with E-state index in [4.69, 9.17) is 10.2 Å². The van der Waals surface area contributed by atoms with Gasteiger partial charge in [-0.1, -0.05) is 0 Å². The summed E-state index contributed by atoms with van der Waals surface area (Å²) >= 11 is 0. The molecule has 0 saturated carbocycles. The fourth-order valence-electron chi connectivity index (χ4n) is 0.810. The van der Waals surface area contributed by atoms with Gasteiger partial charge in [-0.2, -0.15) is 0 Å². The van der Waals surface area contributed by atoms with Gasteiger partial charge in [0.15, 0.2) is 0 Å². The van der Waals surface area contributed by atoms with E-state index in [1.54, 1.807) is 12.1 Å². The smallest absolute Gasteiger partial charge is 0.240 e. The van der Waals surface area contributed by atoms with E-state index in [1.165, 1.54) is 6.26 Å². The summed E-state index contributed by atoms with van der Waals surface area (Å²) in [7, 11) is 0. The first-order valence-electron chi connectivity index (χ1n) is 3.27. The van der Waals surface area contributed by atoms with Crippen molar-refractivity contribution in [1.29, 1.82) is 0 Å². The van der Waals surface area contributed by atoms with Crippen LogP contribution in [-0.2, 0) is 0 Å². The highest BCUT2D eigenvalue weighted by molar-refractivity contribution is 5.85. The molecule has 70 valence electrons. The molecule has 0 bridgehead atoms. The maximum Gasteiger partial charge on any atom is 0.240 e. The molecule has 0 spiro atoms. The number of furan rings is 1. The lowest BCUT2D eigenvalue weighted by atomic mass is 10.2. The molecule has 1 aromatic rings. The molecular weight excluding hydrogens is 188 g/mol. The van der Waals surface area contributed by atoms with Gasteiger partial charge in [-0.15, -0.1) is 12.4 Å². The van der Waals surface area contributed by atoms with Crippen LogP contribution < -0.4 is 5.73 Å². The van der Waals surface area contributed by atoms with Crippen LogP contribution in [0.2, 0.25) is 0 Å². The molecule has 1 atom stereocenters. The number of hydrogen-bond donors (Lipinski definition) is 1. The van der Waals surface area contributed by atoms with Crippen molar-refractivity contribution in [3.63, 3.8) is 0 Å². The highest BCUT2D eigenvalue weighted by Crippen LogP contribution is 2.17. The number of halogens is 3. The minimum Gasteiger partial charge on any atom is -0.468 e. The normalized spacial score (nSPS) is 12.7. The maximum absolute atomic E-state index is 11.8. The lowest BCUT2D eigenvalue weighted by molar-refractivity contribution is 0.125. The van der Waals surface area contributed by atoms with E-state index in [-0.39, 0.29) is 18.8 Å². The predicted molar refractivity (Wildman–Crippen MR) is 43.5 cm³/mol. The van der Waals surface area contributed by atoms with E-state index < -0.39 is 12.5 Å². The Hall–Kier alpha value is -0.610. The van der Waals surface area contributed by atoms with E-state index in [9.17, 15) is 8.78 Å². The Balaban J connectivity index is 0.00000121. The molecule has 12 heavy (non-hydrogen) atoms. The third-order valence-electron chi connectivity index (χ3n) is 1.34. The van der Waals surface area contributed by atoms with Gasteiger partial charge in [0.2, 0.25) is 6.43 Å². The Morgan fingerprint density at radius 1 is 1.50 bits per heavy atom. The highest BCUT2D eigenvalue weighted by atomic mass is 35.5. The summed E-state index contributed by atoms with van der Waals surface area (Å²) in [5.41, 5.74) is 5.37. The standard InChI is InChI=1S/C7H9F2NO.ClH/c8-7(9)4-5(10)6-2-1-3-11-6;/h1-3,5,7H,4,10H2;1H/t5-;/m0./s1. The summed E-state index contributed by atoms with van der Waals surface area (Å²) in [4.78, 5) is 0. The van der Waals surface area contributed by atoms with Crippen molar-refractivity contribution in [3.8, 4) is 0 Å². The molecule has 0 unspecified atom stereocenters. The summed E-state index contributed by atoms with van der Waals surface area (Å²) in [5, 5.41) is 0. The van der Waals surface area contributed by atoms with Crippen molar-refractivity contribution in [2.45, 2.75) is 18.9 Å². The van der Waals surface area contributed by atoms with Gasteiger partial charge in [-0.25, -0.2) is 8.78 Å². The van der Waals surface area contributed by atoms with Crippen molar-refractivity contribution < 1.29 is 13.2 Å². The van der Waals surface area contributed by atoms with Crippen molar-refractivity contribution in [3.05, 3.63) is 24.2 Å². The van der Waals surface area contributed by atoms with E-state index >= 15 is 0 Å². The SMILES string of the molecule is Cl.N[C@@H](CC(F)F)c1ccco1. The number of rotatable bonds is 3. The minimum atomic E-state index is -2.38. The van der Waals surface area contributed by atoms with Gasteiger partial charge in [-0.3, -0.25) is 0 Å². The van der Waals surface area contributed by atoms with Crippen LogP contribution in [0.4, 0.5) is 8.78 Å². The maximum atomic E-state index is 11.8. The molecule has 2 nitrogen and oxygen atoms in total. The van der Waals surface area contributed by atoms with Crippen LogP contribution in [0.1, 0.15) is 18.2 Å². The second-order valence-corrected chi connectivity index (χ2v) is 2.25. The Bertz CT molecular complexity index is 203. The first kappa shape index (κ1) is 11.4. The lowest BCUT2D eigenvalue weighted by Crippen LogP contribution is -2.12. The summed E-state index contributed by atoms with van der Waals surface area (Å²) in [6, 6.07) is 2.53. The molecule has 0 radical (unpaired) electrons. The number of alkyl halides is 2. The molecule has 0 aliphatic rings. The Morgan fingerprint density at radius 2 is 2.17 bits per heavy atom. The lowest BCUT2D eigenvalue weighted by Gasteiger charge is -2.06. The van der Waals surface area contributed by atoms with Crippen LogP contribution in [0.25, 0.3) is 0 Å². The molecular formula is C7H10ClF2NO. The second-order valence-electron chi connectivity index (χ2n) is 2.25. The van der Waals surface area contributed by atoms with Crippen molar-refractivity contribution in [2.24, 2.45) is 5.73 Å². The predicted octanol–water partition coefficient (Wildman–Crippen LogP) is 2.36. The molecule has 2 N–H and O–H groups in total. The van der Waals surface area contributed by atoms with Gasteiger partial charge >= 0.3 is 0 Å². The highest BCUT2D eigenvalue weighted by Gasteiger charge is 2.14. The summed E-state index contributed by atoms with van der Waals surface area (Å²) in [6.07, 6.45) is -1.32. The third kappa shape index (κ3) is 3.19. The minimum absolute atomic E-state index is 0. The number of nitrogens with two attached hydrogens (primary N) is 1. The topological polar surface area (TPSA) is 39.2 Å². The largest absolute Gasteiger partial charge is 0.468 e. The van der Waals surface area contributed by atoms with E-state index in [0.717, 1.165) is 0 Å². The zero-order valence-electron chi connectivity index (χ0n) is 6.24. The van der Waals surface area contributed by atoms with Crippen molar-refractivity contribution >= 4 is 12.4 Å².